The predicted molar refractivity (Wildman–Crippen MR) is 104 cm³/mol. The summed E-state index contributed by atoms with van der Waals surface area (Å²) in [7, 11) is -3.30. The second-order valence-corrected chi connectivity index (χ2v) is 9.98. The second-order valence-electron chi connectivity index (χ2n) is 6.97. The van der Waals surface area contributed by atoms with Crippen molar-refractivity contribution in [3.8, 4) is 5.75 Å². The number of hydrogen-bond acceptors (Lipinski definition) is 5. The van der Waals surface area contributed by atoms with Gasteiger partial charge in [0, 0.05) is 10.9 Å². The zero-order chi connectivity index (χ0) is 18.4. The van der Waals surface area contributed by atoms with Crippen LogP contribution in [0.25, 0.3) is 0 Å². The number of aromatic nitrogens is 1. The molecule has 0 aliphatic heterocycles. The molecule has 0 spiro atoms. The molecule has 138 valence electrons. The van der Waals surface area contributed by atoms with Crippen molar-refractivity contribution in [3.63, 3.8) is 0 Å². The van der Waals surface area contributed by atoms with Gasteiger partial charge in [-0.1, -0.05) is 32.0 Å². The predicted octanol–water partition coefficient (Wildman–Crippen LogP) is 4.63. The summed E-state index contributed by atoms with van der Waals surface area (Å²) in [4.78, 5) is 4.49. The first-order valence-corrected chi connectivity index (χ1v) is 11.3. The smallest absolute Gasteiger partial charge is 0.160 e. The Morgan fingerprint density at radius 3 is 2.52 bits per heavy atom. The van der Waals surface area contributed by atoms with E-state index >= 15 is 0 Å². The quantitative estimate of drug-likeness (QED) is 0.635. The summed E-state index contributed by atoms with van der Waals surface area (Å²) < 4.78 is 30.9. The summed E-state index contributed by atoms with van der Waals surface area (Å²) in [5, 5.41) is 2.88. The fraction of sp³-hybridized carbons (Fsp3) is 0.526. The average molecular weight is 382 g/mol. The minimum absolute atomic E-state index is 0.00547. The van der Waals surface area contributed by atoms with Crippen molar-refractivity contribution in [2.24, 2.45) is 5.92 Å². The lowest BCUT2D eigenvalue weighted by atomic mass is 10.1. The Balaban J connectivity index is 2.05. The Hall–Kier alpha value is -1.40. The largest absolute Gasteiger partial charge is 0.491 e. The number of hydrogen-bond donors (Lipinski definition) is 0. The van der Waals surface area contributed by atoms with Gasteiger partial charge in [-0.05, 0) is 38.7 Å². The number of aryl methyl sites for hydroxylation is 1. The van der Waals surface area contributed by atoms with Crippen molar-refractivity contribution in [1.82, 2.24) is 4.98 Å². The highest BCUT2D eigenvalue weighted by atomic mass is 32.2. The van der Waals surface area contributed by atoms with E-state index in [0.29, 0.717) is 22.9 Å². The van der Waals surface area contributed by atoms with Crippen LogP contribution in [0, 0.1) is 5.92 Å². The first kappa shape index (κ1) is 19.9. The Kier molecular flexibility index (Phi) is 7.02. The molecule has 0 unspecified atom stereocenters. The molecule has 0 bridgehead atoms. The minimum atomic E-state index is -3.30. The molecule has 2 rings (SSSR count). The molecule has 0 aliphatic rings. The molecule has 25 heavy (non-hydrogen) atoms. The topological polar surface area (TPSA) is 56.3 Å². The first-order chi connectivity index (χ1) is 11.7. The highest BCUT2D eigenvalue weighted by Gasteiger charge is 2.18. The standard InChI is InChI=1S/C19H27NO3S2/c1-14(2)9-10-19-20-17(11-24-19)13-25(21,22)12-16-7-5-6-8-18(16)23-15(3)4/h5-8,11,14-15H,9-10,12-13H2,1-4H3. The molecule has 1 aromatic carbocycles. The van der Waals surface area contributed by atoms with Gasteiger partial charge >= 0.3 is 0 Å². The van der Waals surface area contributed by atoms with E-state index in [1.165, 1.54) is 0 Å². The third-order valence-corrected chi connectivity index (χ3v) is 6.06. The van der Waals surface area contributed by atoms with Crippen molar-refractivity contribution < 1.29 is 13.2 Å². The molecule has 0 atom stereocenters. The van der Waals surface area contributed by atoms with Gasteiger partial charge in [0.2, 0.25) is 0 Å². The molecule has 0 fully saturated rings. The summed E-state index contributed by atoms with van der Waals surface area (Å²) >= 11 is 1.55. The summed E-state index contributed by atoms with van der Waals surface area (Å²) in [6.45, 7) is 8.21. The van der Waals surface area contributed by atoms with Crippen LogP contribution in [0.2, 0.25) is 0 Å². The molecule has 0 saturated carbocycles. The van der Waals surface area contributed by atoms with E-state index in [0.717, 1.165) is 17.8 Å². The fourth-order valence-electron chi connectivity index (χ4n) is 2.45. The number of sulfone groups is 1. The maximum Gasteiger partial charge on any atom is 0.160 e. The van der Waals surface area contributed by atoms with E-state index in [4.69, 9.17) is 4.74 Å². The van der Waals surface area contributed by atoms with Gasteiger partial charge in [-0.15, -0.1) is 11.3 Å². The third-order valence-electron chi connectivity index (χ3n) is 3.61. The van der Waals surface area contributed by atoms with Crippen LogP contribution in [0.3, 0.4) is 0 Å². The second kappa shape index (κ2) is 8.81. The number of rotatable bonds is 9. The van der Waals surface area contributed by atoms with Crippen LogP contribution in [0.1, 0.15) is 50.4 Å². The number of para-hydroxylation sites is 1. The van der Waals surface area contributed by atoms with Crippen LogP contribution in [0.4, 0.5) is 0 Å². The normalized spacial score (nSPS) is 12.1. The summed E-state index contributed by atoms with van der Waals surface area (Å²) in [5.41, 5.74) is 1.34. The molecule has 1 heterocycles. The molecule has 0 saturated heterocycles. The molecule has 0 N–H and O–H groups in total. The Morgan fingerprint density at radius 1 is 1.12 bits per heavy atom. The van der Waals surface area contributed by atoms with Crippen LogP contribution in [-0.4, -0.2) is 19.5 Å². The molecule has 6 heteroatoms. The van der Waals surface area contributed by atoms with Crippen LogP contribution < -0.4 is 4.74 Å². The number of benzene rings is 1. The molecular weight excluding hydrogens is 354 g/mol. The lowest BCUT2D eigenvalue weighted by Crippen LogP contribution is -2.12. The van der Waals surface area contributed by atoms with E-state index in [1.54, 1.807) is 11.3 Å². The molecule has 0 amide bonds. The van der Waals surface area contributed by atoms with E-state index in [1.807, 2.05) is 43.5 Å². The van der Waals surface area contributed by atoms with Crippen molar-refractivity contribution in [2.75, 3.05) is 0 Å². The first-order valence-electron chi connectivity index (χ1n) is 8.63. The van der Waals surface area contributed by atoms with E-state index in [2.05, 4.69) is 18.8 Å². The van der Waals surface area contributed by atoms with Gasteiger partial charge in [0.15, 0.2) is 9.84 Å². The zero-order valence-electron chi connectivity index (χ0n) is 15.4. The molecular formula is C19H27NO3S2. The molecule has 1 aromatic heterocycles. The molecule has 0 radical (unpaired) electrons. The number of thiazole rings is 1. The number of ether oxygens (including phenoxy) is 1. The molecule has 0 aliphatic carbocycles. The Morgan fingerprint density at radius 2 is 1.84 bits per heavy atom. The lowest BCUT2D eigenvalue weighted by molar-refractivity contribution is 0.240. The summed E-state index contributed by atoms with van der Waals surface area (Å²) in [5.74, 6) is 1.20. The van der Waals surface area contributed by atoms with Crippen molar-refractivity contribution in [1.29, 1.82) is 0 Å². The van der Waals surface area contributed by atoms with Gasteiger partial charge in [0.1, 0.15) is 5.75 Å². The van der Waals surface area contributed by atoms with Crippen LogP contribution >= 0.6 is 11.3 Å². The van der Waals surface area contributed by atoms with Gasteiger partial charge < -0.3 is 4.74 Å². The molecule has 4 nitrogen and oxygen atoms in total. The lowest BCUT2D eigenvalue weighted by Gasteiger charge is -2.14. The minimum Gasteiger partial charge on any atom is -0.491 e. The van der Waals surface area contributed by atoms with Gasteiger partial charge in [0.05, 0.1) is 28.3 Å². The Bertz CT molecular complexity index is 779. The van der Waals surface area contributed by atoms with Crippen molar-refractivity contribution in [2.45, 2.75) is 58.1 Å². The van der Waals surface area contributed by atoms with Gasteiger partial charge in [-0.25, -0.2) is 13.4 Å². The van der Waals surface area contributed by atoms with Crippen LogP contribution in [-0.2, 0) is 27.8 Å². The van der Waals surface area contributed by atoms with Gasteiger partial charge in [0.25, 0.3) is 0 Å². The zero-order valence-corrected chi connectivity index (χ0v) is 17.0. The Labute approximate surface area is 155 Å². The van der Waals surface area contributed by atoms with Crippen LogP contribution in [0.5, 0.6) is 5.75 Å². The maximum atomic E-state index is 12.6. The third kappa shape index (κ3) is 6.78. The van der Waals surface area contributed by atoms with Crippen molar-refractivity contribution in [3.05, 3.63) is 45.9 Å². The van der Waals surface area contributed by atoms with Crippen molar-refractivity contribution >= 4 is 21.2 Å². The fourth-order valence-corrected chi connectivity index (χ4v) is 4.78. The van der Waals surface area contributed by atoms with Crippen LogP contribution in [0.15, 0.2) is 29.6 Å². The highest BCUT2D eigenvalue weighted by Crippen LogP contribution is 2.24. The maximum absolute atomic E-state index is 12.6. The molecule has 2 aromatic rings. The number of nitrogens with zero attached hydrogens (tertiary/aromatic N) is 1. The summed E-state index contributed by atoms with van der Waals surface area (Å²) in [6, 6.07) is 7.32. The average Bonchev–Trinajstić information content (AvgIpc) is 2.93. The van der Waals surface area contributed by atoms with E-state index in [-0.39, 0.29) is 17.6 Å². The van der Waals surface area contributed by atoms with Gasteiger partial charge in [-0.2, -0.15) is 0 Å². The monoisotopic (exact) mass is 381 g/mol. The van der Waals surface area contributed by atoms with E-state index in [9.17, 15) is 8.42 Å². The SMILES string of the molecule is CC(C)CCc1nc(CS(=O)(=O)Cc2ccccc2OC(C)C)cs1. The highest BCUT2D eigenvalue weighted by molar-refractivity contribution is 7.89. The van der Waals surface area contributed by atoms with Gasteiger partial charge in [-0.3, -0.25) is 0 Å². The summed E-state index contributed by atoms with van der Waals surface area (Å²) in [6.07, 6.45) is 1.98. The van der Waals surface area contributed by atoms with E-state index < -0.39 is 9.84 Å².